The van der Waals surface area contributed by atoms with Crippen molar-refractivity contribution in [3.05, 3.63) is 21.7 Å². The molecule has 1 saturated heterocycles. The van der Waals surface area contributed by atoms with Gasteiger partial charge < -0.3 is 19.5 Å². The summed E-state index contributed by atoms with van der Waals surface area (Å²) in [5.74, 6) is 1.03. The first kappa shape index (κ1) is 14.3. The predicted octanol–water partition coefficient (Wildman–Crippen LogP) is 1.61. The molecule has 1 aromatic rings. The zero-order chi connectivity index (χ0) is 12.8. The van der Waals surface area contributed by atoms with Gasteiger partial charge in [0.25, 0.3) is 0 Å². The first-order valence-electron chi connectivity index (χ1n) is 6.60. The van der Waals surface area contributed by atoms with Crippen LogP contribution in [0.15, 0.2) is 16.5 Å². The van der Waals surface area contributed by atoms with Crippen LogP contribution >= 0.6 is 22.6 Å². The largest absolute Gasteiger partial charge is 0.454 e. The van der Waals surface area contributed by atoms with E-state index in [2.05, 4.69) is 44.8 Å². The smallest absolute Gasteiger partial charge is 0.164 e. The first-order chi connectivity index (χ1) is 8.74. The van der Waals surface area contributed by atoms with Gasteiger partial charge in [-0.05, 0) is 61.3 Å². The summed E-state index contributed by atoms with van der Waals surface area (Å²) in [7, 11) is 2.20. The van der Waals surface area contributed by atoms with Gasteiger partial charge in [-0.1, -0.05) is 0 Å². The lowest BCUT2D eigenvalue weighted by Gasteiger charge is -2.32. The molecule has 1 aromatic heterocycles. The summed E-state index contributed by atoms with van der Waals surface area (Å²) in [5.41, 5.74) is 0. The number of nitrogens with zero attached hydrogens (tertiary/aromatic N) is 2. The van der Waals surface area contributed by atoms with Gasteiger partial charge in [0.1, 0.15) is 5.76 Å². The highest BCUT2D eigenvalue weighted by atomic mass is 127. The zero-order valence-corrected chi connectivity index (χ0v) is 13.1. The van der Waals surface area contributed by atoms with Crippen molar-refractivity contribution in [2.75, 3.05) is 46.3 Å². The fraction of sp³-hybridized carbons (Fsp3) is 0.692. The highest BCUT2D eigenvalue weighted by Crippen LogP contribution is 2.09. The van der Waals surface area contributed by atoms with Gasteiger partial charge >= 0.3 is 0 Å². The van der Waals surface area contributed by atoms with Crippen LogP contribution in [-0.4, -0.2) is 56.1 Å². The average Bonchev–Trinajstić information content (AvgIpc) is 2.77. The van der Waals surface area contributed by atoms with Crippen molar-refractivity contribution in [2.24, 2.45) is 0 Å². The van der Waals surface area contributed by atoms with Gasteiger partial charge in [-0.2, -0.15) is 0 Å². The molecule has 0 aromatic carbocycles. The topological polar surface area (TPSA) is 31.6 Å². The third kappa shape index (κ3) is 4.87. The Bertz CT molecular complexity index is 348. The Labute approximate surface area is 123 Å². The second-order valence-corrected chi connectivity index (χ2v) is 5.94. The fourth-order valence-electron chi connectivity index (χ4n) is 2.16. The van der Waals surface area contributed by atoms with Gasteiger partial charge in [-0.3, -0.25) is 0 Å². The standard InChI is InChI=1S/C13H22IN3O/c1-16-7-9-17(10-8-16)6-2-5-15-11-12-3-4-13(14)18-12/h3-4,15H,2,5-11H2,1H3. The summed E-state index contributed by atoms with van der Waals surface area (Å²) >= 11 is 2.19. The van der Waals surface area contributed by atoms with E-state index in [1.165, 1.54) is 39.1 Å². The van der Waals surface area contributed by atoms with Crippen molar-refractivity contribution in [3.63, 3.8) is 0 Å². The van der Waals surface area contributed by atoms with Gasteiger partial charge in [0.2, 0.25) is 0 Å². The summed E-state index contributed by atoms with van der Waals surface area (Å²) in [6.45, 7) is 7.95. The molecule has 18 heavy (non-hydrogen) atoms. The minimum absolute atomic E-state index is 0.839. The number of halogens is 1. The Hall–Kier alpha value is -0.110. The van der Waals surface area contributed by atoms with E-state index in [1.54, 1.807) is 0 Å². The molecule has 0 unspecified atom stereocenters. The second-order valence-electron chi connectivity index (χ2n) is 4.88. The van der Waals surface area contributed by atoms with Crippen molar-refractivity contribution >= 4 is 22.6 Å². The Morgan fingerprint density at radius 1 is 1.28 bits per heavy atom. The van der Waals surface area contributed by atoms with E-state index in [-0.39, 0.29) is 0 Å². The third-order valence-electron chi connectivity index (χ3n) is 3.35. The van der Waals surface area contributed by atoms with Crippen LogP contribution in [0.1, 0.15) is 12.2 Å². The second kappa shape index (κ2) is 7.47. The van der Waals surface area contributed by atoms with Crippen molar-refractivity contribution in [1.82, 2.24) is 15.1 Å². The molecule has 0 radical (unpaired) electrons. The van der Waals surface area contributed by atoms with E-state index < -0.39 is 0 Å². The molecule has 0 saturated carbocycles. The lowest BCUT2D eigenvalue weighted by Crippen LogP contribution is -2.45. The number of likely N-dealkylation sites (N-methyl/N-ethyl adjacent to an activating group) is 1. The molecule has 1 aliphatic heterocycles. The van der Waals surface area contributed by atoms with Gasteiger partial charge in [0, 0.05) is 26.2 Å². The van der Waals surface area contributed by atoms with E-state index in [4.69, 9.17) is 4.42 Å². The Morgan fingerprint density at radius 2 is 2.06 bits per heavy atom. The third-order valence-corrected chi connectivity index (χ3v) is 3.93. The van der Waals surface area contributed by atoms with Gasteiger partial charge in [-0.15, -0.1) is 0 Å². The average molecular weight is 363 g/mol. The van der Waals surface area contributed by atoms with Crippen molar-refractivity contribution < 1.29 is 4.42 Å². The molecule has 0 atom stereocenters. The maximum atomic E-state index is 5.50. The van der Waals surface area contributed by atoms with Gasteiger partial charge in [0.05, 0.1) is 6.54 Å². The zero-order valence-electron chi connectivity index (χ0n) is 11.0. The summed E-state index contributed by atoms with van der Waals surface area (Å²) in [6, 6.07) is 4.04. The Balaban J connectivity index is 1.51. The number of furan rings is 1. The molecule has 2 heterocycles. The Kier molecular flexibility index (Phi) is 5.94. The summed E-state index contributed by atoms with van der Waals surface area (Å²) < 4.78 is 6.46. The summed E-state index contributed by atoms with van der Waals surface area (Å²) in [4.78, 5) is 4.95. The number of piperazine rings is 1. The first-order valence-corrected chi connectivity index (χ1v) is 7.68. The maximum absolute atomic E-state index is 5.50. The molecule has 2 rings (SSSR count). The molecule has 0 aliphatic carbocycles. The molecule has 5 heteroatoms. The molecule has 0 bridgehead atoms. The lowest BCUT2D eigenvalue weighted by atomic mass is 10.3. The quantitative estimate of drug-likeness (QED) is 0.615. The highest BCUT2D eigenvalue weighted by Gasteiger charge is 2.12. The maximum Gasteiger partial charge on any atom is 0.164 e. The molecule has 0 spiro atoms. The summed E-state index contributed by atoms with van der Waals surface area (Å²) in [6.07, 6.45) is 1.21. The van der Waals surface area contributed by atoms with Crippen LogP contribution in [0.2, 0.25) is 0 Å². The monoisotopic (exact) mass is 363 g/mol. The fourth-order valence-corrected chi connectivity index (χ4v) is 2.62. The van der Waals surface area contributed by atoms with E-state index in [1.807, 2.05) is 12.1 Å². The van der Waals surface area contributed by atoms with Crippen LogP contribution in [0.4, 0.5) is 0 Å². The van der Waals surface area contributed by atoms with Crippen LogP contribution in [0, 0.1) is 3.77 Å². The van der Waals surface area contributed by atoms with Crippen LogP contribution in [0.5, 0.6) is 0 Å². The lowest BCUT2D eigenvalue weighted by molar-refractivity contribution is 0.152. The number of hydrogen-bond donors (Lipinski definition) is 1. The van der Waals surface area contributed by atoms with E-state index in [0.29, 0.717) is 0 Å². The van der Waals surface area contributed by atoms with Gasteiger partial charge in [-0.25, -0.2) is 0 Å². The van der Waals surface area contributed by atoms with Crippen molar-refractivity contribution in [1.29, 1.82) is 0 Å². The predicted molar refractivity (Wildman–Crippen MR) is 81.7 cm³/mol. The molecule has 4 nitrogen and oxygen atoms in total. The van der Waals surface area contributed by atoms with Crippen LogP contribution in [-0.2, 0) is 6.54 Å². The number of nitrogens with one attached hydrogen (secondary N) is 1. The Morgan fingerprint density at radius 3 is 2.72 bits per heavy atom. The van der Waals surface area contributed by atoms with E-state index >= 15 is 0 Å². The molecular weight excluding hydrogens is 341 g/mol. The van der Waals surface area contributed by atoms with Crippen LogP contribution in [0.25, 0.3) is 0 Å². The van der Waals surface area contributed by atoms with Crippen molar-refractivity contribution in [2.45, 2.75) is 13.0 Å². The minimum atomic E-state index is 0.839. The van der Waals surface area contributed by atoms with Crippen LogP contribution < -0.4 is 5.32 Å². The highest BCUT2D eigenvalue weighted by molar-refractivity contribution is 14.1. The van der Waals surface area contributed by atoms with Gasteiger partial charge in [0.15, 0.2) is 3.77 Å². The van der Waals surface area contributed by atoms with E-state index in [9.17, 15) is 0 Å². The molecule has 0 amide bonds. The molecule has 1 N–H and O–H groups in total. The molecule has 1 fully saturated rings. The minimum Gasteiger partial charge on any atom is -0.454 e. The molecule has 102 valence electrons. The molecular formula is C13H22IN3O. The molecule has 1 aliphatic rings. The summed E-state index contributed by atoms with van der Waals surface area (Å²) in [5, 5.41) is 3.43. The van der Waals surface area contributed by atoms with Crippen LogP contribution in [0.3, 0.4) is 0 Å². The normalized spacial score (nSPS) is 18.3. The number of hydrogen-bond acceptors (Lipinski definition) is 4. The number of rotatable bonds is 6. The van der Waals surface area contributed by atoms with Crippen molar-refractivity contribution in [3.8, 4) is 0 Å². The SMILES string of the molecule is CN1CCN(CCCNCc2ccc(I)o2)CC1. The van der Waals surface area contributed by atoms with E-state index in [0.717, 1.165) is 22.6 Å².